The van der Waals surface area contributed by atoms with E-state index in [-0.39, 0.29) is 5.97 Å². The van der Waals surface area contributed by atoms with Crippen LogP contribution in [-0.2, 0) is 9.53 Å². The fourth-order valence-corrected chi connectivity index (χ4v) is 1.15. The standard InChI is InChI=1S/C7H11O2/c1-9-7(8)6-4-2-3-5-6/h2-5H2,1H3. The molecule has 0 spiro atoms. The van der Waals surface area contributed by atoms with Gasteiger partial charge in [0, 0.05) is 0 Å². The highest BCUT2D eigenvalue weighted by molar-refractivity contribution is 5.84. The first kappa shape index (κ1) is 6.59. The van der Waals surface area contributed by atoms with Crippen molar-refractivity contribution in [1.29, 1.82) is 0 Å². The lowest BCUT2D eigenvalue weighted by molar-refractivity contribution is -0.138. The lowest BCUT2D eigenvalue weighted by Gasteiger charge is -2.02. The fraction of sp³-hybridized carbons (Fsp3) is 0.714. The van der Waals surface area contributed by atoms with Gasteiger partial charge in [0.2, 0.25) is 0 Å². The van der Waals surface area contributed by atoms with Crippen molar-refractivity contribution < 1.29 is 9.53 Å². The predicted molar refractivity (Wildman–Crippen MR) is 33.7 cm³/mol. The van der Waals surface area contributed by atoms with Crippen LogP contribution >= 0.6 is 0 Å². The first-order valence-electron chi connectivity index (χ1n) is 3.27. The van der Waals surface area contributed by atoms with Crippen molar-refractivity contribution in [3.8, 4) is 0 Å². The second kappa shape index (κ2) is 2.85. The number of methoxy groups -OCH3 is 1. The van der Waals surface area contributed by atoms with Crippen molar-refractivity contribution in [3.05, 3.63) is 5.92 Å². The largest absolute Gasteiger partial charge is 0.469 e. The van der Waals surface area contributed by atoms with Crippen molar-refractivity contribution in [2.75, 3.05) is 7.11 Å². The van der Waals surface area contributed by atoms with Gasteiger partial charge < -0.3 is 4.74 Å². The molecule has 9 heavy (non-hydrogen) atoms. The zero-order valence-corrected chi connectivity index (χ0v) is 5.64. The fourth-order valence-electron chi connectivity index (χ4n) is 1.15. The van der Waals surface area contributed by atoms with Crippen molar-refractivity contribution in [2.24, 2.45) is 0 Å². The van der Waals surface area contributed by atoms with Crippen LogP contribution in [0.15, 0.2) is 0 Å². The minimum Gasteiger partial charge on any atom is -0.469 e. The Kier molecular flexibility index (Phi) is 2.09. The van der Waals surface area contributed by atoms with Crippen molar-refractivity contribution in [2.45, 2.75) is 25.7 Å². The second-order valence-electron chi connectivity index (χ2n) is 2.30. The first-order chi connectivity index (χ1) is 4.34. The van der Waals surface area contributed by atoms with E-state index in [1.807, 2.05) is 0 Å². The van der Waals surface area contributed by atoms with Crippen LogP contribution in [0.3, 0.4) is 0 Å². The molecule has 0 aromatic rings. The van der Waals surface area contributed by atoms with Crippen LogP contribution < -0.4 is 0 Å². The van der Waals surface area contributed by atoms with Crippen molar-refractivity contribution >= 4 is 5.97 Å². The molecule has 0 N–H and O–H groups in total. The Morgan fingerprint density at radius 1 is 1.44 bits per heavy atom. The van der Waals surface area contributed by atoms with E-state index in [4.69, 9.17) is 0 Å². The quantitative estimate of drug-likeness (QED) is 0.496. The lowest BCUT2D eigenvalue weighted by Crippen LogP contribution is -2.09. The summed E-state index contributed by atoms with van der Waals surface area (Å²) in [6, 6.07) is 0. The molecule has 0 aromatic carbocycles. The van der Waals surface area contributed by atoms with E-state index in [1.165, 1.54) is 7.11 Å². The van der Waals surface area contributed by atoms with Crippen LogP contribution in [0.1, 0.15) is 25.7 Å². The Balaban J connectivity index is 2.32. The summed E-state index contributed by atoms with van der Waals surface area (Å²) in [5.41, 5.74) is 0. The Morgan fingerprint density at radius 2 is 2.00 bits per heavy atom. The summed E-state index contributed by atoms with van der Waals surface area (Å²) in [6.07, 6.45) is 4.22. The Labute approximate surface area is 55.2 Å². The average Bonchev–Trinajstić information content (AvgIpc) is 2.37. The summed E-state index contributed by atoms with van der Waals surface area (Å²) >= 11 is 0. The van der Waals surface area contributed by atoms with Gasteiger partial charge in [-0.3, -0.25) is 4.79 Å². The number of hydrogen-bond acceptors (Lipinski definition) is 2. The summed E-state index contributed by atoms with van der Waals surface area (Å²) < 4.78 is 4.56. The van der Waals surface area contributed by atoms with Crippen LogP contribution in [0.25, 0.3) is 0 Å². The molecule has 0 unspecified atom stereocenters. The van der Waals surface area contributed by atoms with E-state index in [2.05, 4.69) is 4.74 Å². The molecule has 1 fully saturated rings. The van der Waals surface area contributed by atoms with Crippen molar-refractivity contribution in [3.63, 3.8) is 0 Å². The maximum absolute atomic E-state index is 10.8. The van der Waals surface area contributed by atoms with Crippen LogP contribution in [0.2, 0.25) is 0 Å². The molecule has 1 rings (SSSR count). The Hall–Kier alpha value is -0.530. The zero-order chi connectivity index (χ0) is 6.69. The third-order valence-electron chi connectivity index (χ3n) is 1.68. The Bertz CT molecular complexity index is 103. The van der Waals surface area contributed by atoms with Gasteiger partial charge in [-0.25, -0.2) is 0 Å². The highest BCUT2D eigenvalue weighted by Gasteiger charge is 2.23. The molecule has 1 radical (unpaired) electrons. The SMILES string of the molecule is COC(=O)[C]1CCCC1. The molecule has 0 aromatic heterocycles. The molecular weight excluding hydrogens is 116 g/mol. The number of hydrogen-bond donors (Lipinski definition) is 0. The van der Waals surface area contributed by atoms with Gasteiger partial charge in [-0.15, -0.1) is 0 Å². The van der Waals surface area contributed by atoms with Gasteiger partial charge in [0.15, 0.2) is 0 Å². The molecule has 1 aliphatic carbocycles. The minimum atomic E-state index is -0.104. The lowest BCUT2D eigenvalue weighted by atomic mass is 10.1. The molecular formula is C7H11O2. The molecule has 0 heterocycles. The van der Waals surface area contributed by atoms with E-state index in [0.717, 1.165) is 31.6 Å². The molecule has 0 amide bonds. The summed E-state index contributed by atoms with van der Waals surface area (Å²) in [6.45, 7) is 0. The zero-order valence-electron chi connectivity index (χ0n) is 5.64. The summed E-state index contributed by atoms with van der Waals surface area (Å²) in [7, 11) is 1.44. The molecule has 0 bridgehead atoms. The molecule has 0 saturated heterocycles. The van der Waals surface area contributed by atoms with Crippen LogP contribution in [0.4, 0.5) is 0 Å². The molecule has 2 nitrogen and oxygen atoms in total. The van der Waals surface area contributed by atoms with Gasteiger partial charge in [-0.05, 0) is 12.8 Å². The van der Waals surface area contributed by atoms with Crippen LogP contribution in [-0.4, -0.2) is 13.1 Å². The number of ether oxygens (including phenoxy) is 1. The van der Waals surface area contributed by atoms with Gasteiger partial charge in [0.1, 0.15) is 0 Å². The average molecular weight is 127 g/mol. The Morgan fingerprint density at radius 3 is 2.44 bits per heavy atom. The maximum Gasteiger partial charge on any atom is 0.312 e. The number of rotatable bonds is 1. The third kappa shape index (κ3) is 1.44. The summed E-state index contributed by atoms with van der Waals surface area (Å²) in [5, 5.41) is 0. The van der Waals surface area contributed by atoms with E-state index in [9.17, 15) is 4.79 Å². The molecule has 0 aliphatic heterocycles. The third-order valence-corrected chi connectivity index (χ3v) is 1.68. The number of carbonyl (C=O) groups excluding carboxylic acids is 1. The molecule has 1 saturated carbocycles. The molecule has 51 valence electrons. The highest BCUT2D eigenvalue weighted by Crippen LogP contribution is 2.27. The van der Waals surface area contributed by atoms with Crippen LogP contribution in [0.5, 0.6) is 0 Å². The first-order valence-corrected chi connectivity index (χ1v) is 3.27. The van der Waals surface area contributed by atoms with E-state index in [1.54, 1.807) is 0 Å². The predicted octanol–water partition coefficient (Wildman–Crippen LogP) is 1.31. The number of carbonyl (C=O) groups is 1. The van der Waals surface area contributed by atoms with Crippen molar-refractivity contribution in [1.82, 2.24) is 0 Å². The van der Waals surface area contributed by atoms with Crippen LogP contribution in [0, 0.1) is 5.92 Å². The minimum absolute atomic E-state index is 0.104. The molecule has 0 atom stereocenters. The van der Waals surface area contributed by atoms with E-state index >= 15 is 0 Å². The second-order valence-corrected chi connectivity index (χ2v) is 2.30. The smallest absolute Gasteiger partial charge is 0.312 e. The summed E-state index contributed by atoms with van der Waals surface area (Å²) in [4.78, 5) is 10.8. The highest BCUT2D eigenvalue weighted by atomic mass is 16.5. The molecule has 1 aliphatic rings. The molecule has 2 heteroatoms. The monoisotopic (exact) mass is 127 g/mol. The van der Waals surface area contributed by atoms with Gasteiger partial charge >= 0.3 is 5.97 Å². The number of esters is 1. The summed E-state index contributed by atoms with van der Waals surface area (Å²) in [5.74, 6) is 0.866. The normalized spacial score (nSPS) is 20.1. The van der Waals surface area contributed by atoms with E-state index < -0.39 is 0 Å². The van der Waals surface area contributed by atoms with E-state index in [0.29, 0.717) is 0 Å². The van der Waals surface area contributed by atoms with Gasteiger partial charge in [-0.1, -0.05) is 12.8 Å². The van der Waals surface area contributed by atoms with Gasteiger partial charge in [-0.2, -0.15) is 0 Å². The maximum atomic E-state index is 10.8. The van der Waals surface area contributed by atoms with Gasteiger partial charge in [0.05, 0.1) is 13.0 Å². The topological polar surface area (TPSA) is 26.3 Å². The van der Waals surface area contributed by atoms with Gasteiger partial charge in [0.25, 0.3) is 0 Å².